The van der Waals surface area contributed by atoms with Gasteiger partial charge < -0.3 is 16.2 Å². The van der Waals surface area contributed by atoms with Crippen molar-refractivity contribution in [3.05, 3.63) is 70.6 Å². The van der Waals surface area contributed by atoms with Crippen LogP contribution in [0.4, 0.5) is 13.2 Å². The molecule has 4 N–H and O–H groups in total. The lowest BCUT2D eigenvalue weighted by molar-refractivity contribution is -0.138. The van der Waals surface area contributed by atoms with Crippen LogP contribution >= 0.6 is 11.3 Å². The van der Waals surface area contributed by atoms with E-state index in [1.165, 1.54) is 25.1 Å². The van der Waals surface area contributed by atoms with E-state index in [0.717, 1.165) is 17.4 Å². The molecule has 0 bridgehead atoms. The summed E-state index contributed by atoms with van der Waals surface area (Å²) in [6.07, 6.45) is -2.36. The van der Waals surface area contributed by atoms with Crippen molar-refractivity contribution in [2.45, 2.75) is 25.7 Å². The number of nitrogens with two attached hydrogens (primary N) is 2. The van der Waals surface area contributed by atoms with Crippen LogP contribution < -0.4 is 16.2 Å². The van der Waals surface area contributed by atoms with Gasteiger partial charge in [-0.1, -0.05) is 18.2 Å². The van der Waals surface area contributed by atoms with Crippen molar-refractivity contribution in [2.75, 3.05) is 0 Å². The molecule has 0 aliphatic carbocycles. The number of nitrogens with zero attached hydrogens (tertiary/aromatic N) is 3. The summed E-state index contributed by atoms with van der Waals surface area (Å²) in [5.74, 6) is -0.657. The summed E-state index contributed by atoms with van der Waals surface area (Å²) in [7, 11) is 0. The maximum Gasteiger partial charge on any atom is 0.416 e. The summed E-state index contributed by atoms with van der Waals surface area (Å²) in [5, 5.41) is 0.551. The number of hydrogen-bond donors (Lipinski definition) is 2. The summed E-state index contributed by atoms with van der Waals surface area (Å²) in [6.45, 7) is 1.75. The molecule has 0 saturated heterocycles. The summed E-state index contributed by atoms with van der Waals surface area (Å²) < 4.78 is 47.7. The smallest absolute Gasteiger partial charge is 0.416 e. The van der Waals surface area contributed by atoms with Crippen molar-refractivity contribution in [3.63, 3.8) is 0 Å². The van der Waals surface area contributed by atoms with Crippen LogP contribution in [-0.2, 0) is 12.7 Å². The monoisotopic (exact) mass is 461 g/mol. The Labute approximate surface area is 184 Å². The quantitative estimate of drug-likeness (QED) is 0.447. The third kappa shape index (κ3) is 4.04. The number of imidazole rings is 1. The van der Waals surface area contributed by atoms with Gasteiger partial charge in [-0.15, -0.1) is 11.3 Å². The number of carbonyl (C=O) groups is 1. The highest BCUT2D eigenvalue weighted by Crippen LogP contribution is 2.39. The van der Waals surface area contributed by atoms with Crippen molar-refractivity contribution in [3.8, 4) is 10.8 Å². The molecule has 3 aromatic heterocycles. The first-order valence-corrected chi connectivity index (χ1v) is 10.3. The Morgan fingerprint density at radius 3 is 2.69 bits per heavy atom. The second kappa shape index (κ2) is 8.24. The summed E-state index contributed by atoms with van der Waals surface area (Å²) in [5.41, 5.74) is 12.3. The maximum absolute atomic E-state index is 13.4. The minimum Gasteiger partial charge on any atom is -0.484 e. The fourth-order valence-electron chi connectivity index (χ4n) is 3.34. The van der Waals surface area contributed by atoms with Gasteiger partial charge >= 0.3 is 6.18 Å². The number of ether oxygens (including phenoxy) is 1. The van der Waals surface area contributed by atoms with Crippen molar-refractivity contribution >= 4 is 28.3 Å². The molecule has 1 atom stereocenters. The van der Waals surface area contributed by atoms with Gasteiger partial charge in [-0.05, 0) is 19.1 Å². The Morgan fingerprint density at radius 2 is 2.00 bits per heavy atom. The molecule has 0 aliphatic heterocycles. The number of carbonyl (C=O) groups excluding carboxylic acids is 1. The summed E-state index contributed by atoms with van der Waals surface area (Å²) >= 11 is 1.05. The van der Waals surface area contributed by atoms with E-state index in [1.807, 2.05) is 0 Å². The third-order valence-corrected chi connectivity index (χ3v) is 5.98. The topological polar surface area (TPSA) is 109 Å². The number of alkyl halides is 3. The van der Waals surface area contributed by atoms with Gasteiger partial charge in [0.25, 0.3) is 5.91 Å². The van der Waals surface area contributed by atoms with Crippen molar-refractivity contribution in [1.29, 1.82) is 0 Å². The Hall–Kier alpha value is -3.44. The highest BCUT2D eigenvalue weighted by Gasteiger charge is 2.35. The zero-order valence-electron chi connectivity index (χ0n) is 16.8. The second-order valence-electron chi connectivity index (χ2n) is 6.97. The SMILES string of the molecule is C[C@@H](Oc1cc(-n2cnc3cc(CN)ncc32)sc1C(N)=O)c1ccccc1C(F)(F)F. The number of pyridine rings is 1. The molecular weight excluding hydrogens is 443 g/mol. The number of fused-ring (bicyclic) bond motifs is 1. The summed E-state index contributed by atoms with van der Waals surface area (Å²) in [6, 6.07) is 8.44. The first-order chi connectivity index (χ1) is 15.2. The molecule has 0 radical (unpaired) electrons. The van der Waals surface area contributed by atoms with Gasteiger partial charge in [0.05, 0.1) is 28.5 Å². The van der Waals surface area contributed by atoms with E-state index in [-0.39, 0.29) is 22.7 Å². The number of hydrogen-bond acceptors (Lipinski definition) is 6. The summed E-state index contributed by atoms with van der Waals surface area (Å²) in [4.78, 5) is 20.7. The van der Waals surface area contributed by atoms with Crippen LogP contribution in [0, 0.1) is 0 Å². The number of primary amides is 1. The van der Waals surface area contributed by atoms with Gasteiger partial charge in [0.2, 0.25) is 0 Å². The van der Waals surface area contributed by atoms with E-state index in [9.17, 15) is 18.0 Å². The molecule has 11 heteroatoms. The number of halogens is 3. The molecule has 4 rings (SSSR count). The Bertz CT molecular complexity index is 1300. The first kappa shape index (κ1) is 21.8. The zero-order valence-corrected chi connectivity index (χ0v) is 17.6. The van der Waals surface area contributed by atoms with Crippen LogP contribution in [0.15, 0.2) is 48.9 Å². The lowest BCUT2D eigenvalue weighted by Gasteiger charge is -2.19. The van der Waals surface area contributed by atoms with Crippen LogP contribution in [-0.4, -0.2) is 20.4 Å². The minimum atomic E-state index is -4.54. The third-order valence-electron chi connectivity index (χ3n) is 4.85. The first-order valence-electron chi connectivity index (χ1n) is 9.48. The van der Waals surface area contributed by atoms with Crippen LogP contribution in [0.25, 0.3) is 16.0 Å². The molecular formula is C21H18F3N5O2S. The van der Waals surface area contributed by atoms with Gasteiger partial charge in [-0.2, -0.15) is 13.2 Å². The van der Waals surface area contributed by atoms with Crippen molar-refractivity contribution in [2.24, 2.45) is 11.5 Å². The van der Waals surface area contributed by atoms with Crippen LogP contribution in [0.3, 0.4) is 0 Å². The lowest BCUT2D eigenvalue weighted by atomic mass is 10.0. The normalized spacial score (nSPS) is 12.8. The van der Waals surface area contributed by atoms with E-state index in [1.54, 1.807) is 29.2 Å². The van der Waals surface area contributed by atoms with E-state index >= 15 is 0 Å². The number of rotatable bonds is 6. The number of thiophene rings is 1. The van der Waals surface area contributed by atoms with Gasteiger partial charge in [-0.3, -0.25) is 14.3 Å². The highest BCUT2D eigenvalue weighted by molar-refractivity contribution is 7.16. The van der Waals surface area contributed by atoms with E-state index in [4.69, 9.17) is 16.2 Å². The van der Waals surface area contributed by atoms with Gasteiger partial charge in [0, 0.05) is 18.2 Å². The molecule has 166 valence electrons. The van der Waals surface area contributed by atoms with Gasteiger partial charge in [-0.25, -0.2) is 4.98 Å². The Morgan fingerprint density at radius 1 is 1.25 bits per heavy atom. The van der Waals surface area contributed by atoms with E-state index in [2.05, 4.69) is 9.97 Å². The standard InChI is InChI=1S/C21H18F3N5O2S/c1-11(13-4-2-3-5-14(13)21(22,23)24)31-17-7-18(32-19(17)20(26)30)29-10-28-15-6-12(8-25)27-9-16(15)29/h2-7,9-11H,8,25H2,1H3,(H2,26,30)/t11-/m1/s1. The molecule has 0 aliphatic rings. The Kier molecular flexibility index (Phi) is 5.61. The maximum atomic E-state index is 13.4. The average Bonchev–Trinajstić information content (AvgIpc) is 3.36. The number of amides is 1. The van der Waals surface area contributed by atoms with E-state index in [0.29, 0.717) is 21.7 Å². The van der Waals surface area contributed by atoms with Crippen LogP contribution in [0.5, 0.6) is 5.75 Å². The predicted molar refractivity (Wildman–Crippen MR) is 114 cm³/mol. The van der Waals surface area contributed by atoms with E-state index < -0.39 is 23.8 Å². The van der Waals surface area contributed by atoms with Crippen molar-refractivity contribution in [1.82, 2.24) is 14.5 Å². The fraction of sp³-hybridized carbons (Fsp3) is 0.190. The molecule has 7 nitrogen and oxygen atoms in total. The lowest BCUT2D eigenvalue weighted by Crippen LogP contribution is -2.15. The van der Waals surface area contributed by atoms with Crippen LogP contribution in [0.2, 0.25) is 0 Å². The van der Waals surface area contributed by atoms with Gasteiger partial charge in [0.15, 0.2) is 0 Å². The molecule has 0 saturated carbocycles. The minimum absolute atomic E-state index is 0.0465. The Balaban J connectivity index is 1.72. The second-order valence-corrected chi connectivity index (χ2v) is 8.00. The van der Waals surface area contributed by atoms with Gasteiger partial charge in [0.1, 0.15) is 28.1 Å². The molecule has 0 spiro atoms. The predicted octanol–water partition coefficient (Wildman–Crippen LogP) is 4.20. The average molecular weight is 461 g/mol. The van der Waals surface area contributed by atoms with Crippen LogP contribution in [0.1, 0.15) is 39.5 Å². The number of benzene rings is 1. The highest BCUT2D eigenvalue weighted by atomic mass is 32.1. The molecule has 0 fully saturated rings. The molecule has 0 unspecified atom stereocenters. The molecule has 4 aromatic rings. The molecule has 32 heavy (non-hydrogen) atoms. The molecule has 1 aromatic carbocycles. The van der Waals surface area contributed by atoms with Crippen molar-refractivity contribution < 1.29 is 22.7 Å². The fourth-order valence-corrected chi connectivity index (χ4v) is 4.27. The largest absolute Gasteiger partial charge is 0.484 e. The zero-order chi connectivity index (χ0) is 23.0. The number of aromatic nitrogens is 3. The molecule has 3 heterocycles. The molecule has 1 amide bonds.